The van der Waals surface area contributed by atoms with E-state index in [2.05, 4.69) is 68.6 Å². The van der Waals surface area contributed by atoms with Crippen LogP contribution in [0.2, 0.25) is 0 Å². The van der Waals surface area contributed by atoms with Crippen molar-refractivity contribution in [2.24, 2.45) is 0 Å². The molecule has 0 atom stereocenters. The van der Waals surface area contributed by atoms with Gasteiger partial charge in [-0.25, -0.2) is 9.97 Å². The van der Waals surface area contributed by atoms with Crippen molar-refractivity contribution in [1.29, 1.82) is 0 Å². The van der Waals surface area contributed by atoms with Crippen LogP contribution in [0.3, 0.4) is 0 Å². The van der Waals surface area contributed by atoms with Crippen LogP contribution in [0, 0.1) is 6.92 Å². The number of hydrogen-bond acceptors (Lipinski definition) is 6. The van der Waals surface area contributed by atoms with Gasteiger partial charge in [0.05, 0.1) is 0 Å². The van der Waals surface area contributed by atoms with Gasteiger partial charge in [0.15, 0.2) is 0 Å². The third-order valence-corrected chi connectivity index (χ3v) is 4.68. The monoisotopic (exact) mass is 354 g/mol. The van der Waals surface area contributed by atoms with Crippen molar-refractivity contribution < 1.29 is 0 Å². The molecule has 2 aromatic rings. The van der Waals surface area contributed by atoms with Gasteiger partial charge in [0.2, 0.25) is 0 Å². The number of aromatic nitrogens is 2. The van der Waals surface area contributed by atoms with E-state index in [0.717, 1.165) is 62.3 Å². The maximum atomic E-state index is 4.50. The second-order valence-corrected chi connectivity index (χ2v) is 6.93. The third kappa shape index (κ3) is 5.08. The Morgan fingerprint density at radius 3 is 2.38 bits per heavy atom. The van der Waals surface area contributed by atoms with Gasteiger partial charge < -0.3 is 20.4 Å². The van der Waals surface area contributed by atoms with Crippen LogP contribution in [0.15, 0.2) is 30.3 Å². The van der Waals surface area contributed by atoms with Crippen LogP contribution in [-0.4, -0.2) is 54.6 Å². The van der Waals surface area contributed by atoms with Gasteiger partial charge in [-0.15, -0.1) is 0 Å². The number of anilines is 4. The van der Waals surface area contributed by atoms with E-state index in [1.54, 1.807) is 0 Å². The Morgan fingerprint density at radius 1 is 1.00 bits per heavy atom. The summed E-state index contributed by atoms with van der Waals surface area (Å²) in [5.74, 6) is 2.47. The lowest BCUT2D eigenvalue weighted by atomic mass is 10.2. The topological polar surface area (TPSA) is 56.3 Å². The molecule has 0 saturated carbocycles. The number of nitrogens with zero attached hydrogens (tertiary/aromatic N) is 4. The van der Waals surface area contributed by atoms with Gasteiger partial charge >= 0.3 is 0 Å². The number of hydrogen-bond donors (Lipinski definition) is 2. The highest BCUT2D eigenvalue weighted by Crippen LogP contribution is 2.22. The smallest absolute Gasteiger partial charge is 0.136 e. The fraction of sp³-hybridized carbons (Fsp3) is 0.500. The number of likely N-dealkylation sites (N-methyl/N-ethyl adjacent to an activating group) is 1. The summed E-state index contributed by atoms with van der Waals surface area (Å²) in [5.41, 5.74) is 2.32. The first-order valence-corrected chi connectivity index (χ1v) is 9.54. The minimum atomic E-state index is 0.767. The Morgan fingerprint density at radius 2 is 1.69 bits per heavy atom. The first-order valence-electron chi connectivity index (χ1n) is 9.54. The van der Waals surface area contributed by atoms with E-state index < -0.39 is 0 Å². The highest BCUT2D eigenvalue weighted by atomic mass is 15.2. The molecule has 3 rings (SSSR count). The summed E-state index contributed by atoms with van der Waals surface area (Å²) in [6.07, 6.45) is 2.31. The molecule has 0 aliphatic carbocycles. The van der Waals surface area contributed by atoms with Gasteiger partial charge in [-0.3, -0.25) is 0 Å². The van der Waals surface area contributed by atoms with Crippen molar-refractivity contribution in [3.8, 4) is 0 Å². The molecule has 6 nitrogen and oxygen atoms in total. The van der Waals surface area contributed by atoms with E-state index in [0.29, 0.717) is 0 Å². The van der Waals surface area contributed by atoms with Crippen LogP contribution in [0.1, 0.15) is 25.6 Å². The summed E-state index contributed by atoms with van der Waals surface area (Å²) in [7, 11) is 2.18. The molecular weight excluding hydrogens is 324 g/mol. The lowest BCUT2D eigenvalue weighted by molar-refractivity contribution is 0.313. The molecule has 0 bridgehead atoms. The molecule has 26 heavy (non-hydrogen) atoms. The van der Waals surface area contributed by atoms with Gasteiger partial charge in [-0.05, 0) is 44.7 Å². The number of unbranched alkanes of at least 4 members (excludes halogenated alkanes) is 1. The Labute approximate surface area is 156 Å². The van der Waals surface area contributed by atoms with Gasteiger partial charge in [-0.2, -0.15) is 0 Å². The SMILES string of the molecule is CCCCNc1cc(Nc2ccc(N3CCN(C)CC3)cc2)nc(C)n1. The highest BCUT2D eigenvalue weighted by molar-refractivity contribution is 5.62. The van der Waals surface area contributed by atoms with Gasteiger partial charge in [0.25, 0.3) is 0 Å². The molecule has 2 N–H and O–H groups in total. The maximum Gasteiger partial charge on any atom is 0.136 e. The van der Waals surface area contributed by atoms with Crippen molar-refractivity contribution in [3.05, 3.63) is 36.2 Å². The van der Waals surface area contributed by atoms with Crippen molar-refractivity contribution in [3.63, 3.8) is 0 Å². The molecule has 0 radical (unpaired) electrons. The molecule has 140 valence electrons. The number of nitrogens with one attached hydrogen (secondary N) is 2. The third-order valence-electron chi connectivity index (χ3n) is 4.68. The van der Waals surface area contributed by atoms with Crippen molar-refractivity contribution in [1.82, 2.24) is 14.9 Å². The summed E-state index contributed by atoms with van der Waals surface area (Å²) < 4.78 is 0. The molecule has 1 aliphatic heterocycles. The van der Waals surface area contributed by atoms with Crippen molar-refractivity contribution in [2.45, 2.75) is 26.7 Å². The van der Waals surface area contributed by atoms with Crippen LogP contribution < -0.4 is 15.5 Å². The Balaban J connectivity index is 1.63. The summed E-state index contributed by atoms with van der Waals surface area (Å²) >= 11 is 0. The van der Waals surface area contributed by atoms with E-state index in [4.69, 9.17) is 0 Å². The van der Waals surface area contributed by atoms with Crippen molar-refractivity contribution >= 4 is 23.0 Å². The lowest BCUT2D eigenvalue weighted by Gasteiger charge is -2.34. The van der Waals surface area contributed by atoms with Crippen LogP contribution in [0.5, 0.6) is 0 Å². The van der Waals surface area contributed by atoms with Crippen LogP contribution in [0.4, 0.5) is 23.0 Å². The molecule has 0 unspecified atom stereocenters. The quantitative estimate of drug-likeness (QED) is 0.742. The second kappa shape index (κ2) is 8.85. The standard InChI is InChI=1S/C20H30N6/c1-4-5-10-21-19-15-20(23-16(2)22-19)24-17-6-8-18(9-7-17)26-13-11-25(3)12-14-26/h6-9,15H,4-5,10-14H2,1-3H3,(H2,21,22,23,24). The fourth-order valence-corrected chi connectivity index (χ4v) is 3.08. The van der Waals surface area contributed by atoms with Crippen LogP contribution in [-0.2, 0) is 0 Å². The first-order chi connectivity index (χ1) is 12.6. The average Bonchev–Trinajstić information content (AvgIpc) is 2.63. The molecule has 0 spiro atoms. The predicted octanol–water partition coefficient (Wildman–Crippen LogP) is 3.49. The number of piperazine rings is 1. The van der Waals surface area contributed by atoms with Crippen LogP contribution in [0.25, 0.3) is 0 Å². The Bertz CT molecular complexity index is 692. The maximum absolute atomic E-state index is 4.50. The minimum absolute atomic E-state index is 0.767. The molecular formula is C20H30N6. The minimum Gasteiger partial charge on any atom is -0.370 e. The second-order valence-electron chi connectivity index (χ2n) is 6.93. The largest absolute Gasteiger partial charge is 0.370 e. The Hall–Kier alpha value is -2.34. The molecule has 1 aromatic heterocycles. The normalized spacial score (nSPS) is 15.1. The summed E-state index contributed by atoms with van der Waals surface area (Å²) in [5, 5.41) is 6.76. The van der Waals surface area contributed by atoms with Gasteiger partial charge in [0.1, 0.15) is 17.5 Å². The highest BCUT2D eigenvalue weighted by Gasteiger charge is 2.14. The first kappa shape index (κ1) is 18.5. The summed E-state index contributed by atoms with van der Waals surface area (Å²) in [4.78, 5) is 13.8. The van der Waals surface area contributed by atoms with Gasteiger partial charge in [-0.1, -0.05) is 13.3 Å². The fourth-order valence-electron chi connectivity index (χ4n) is 3.08. The molecule has 1 fully saturated rings. The lowest BCUT2D eigenvalue weighted by Crippen LogP contribution is -2.44. The van der Waals surface area contributed by atoms with E-state index in [-0.39, 0.29) is 0 Å². The summed E-state index contributed by atoms with van der Waals surface area (Å²) in [6.45, 7) is 9.45. The van der Waals surface area contributed by atoms with Crippen molar-refractivity contribution in [2.75, 3.05) is 55.3 Å². The molecule has 1 aromatic carbocycles. The molecule has 1 saturated heterocycles. The zero-order valence-corrected chi connectivity index (χ0v) is 16.1. The van der Waals surface area contributed by atoms with E-state index in [1.807, 2.05) is 13.0 Å². The number of aryl methyl sites for hydroxylation is 1. The molecule has 6 heteroatoms. The zero-order valence-electron chi connectivity index (χ0n) is 16.1. The molecule has 0 amide bonds. The molecule has 1 aliphatic rings. The van der Waals surface area contributed by atoms with Gasteiger partial charge in [0, 0.05) is 50.2 Å². The predicted molar refractivity (Wildman–Crippen MR) is 110 cm³/mol. The molecule has 2 heterocycles. The van der Waals surface area contributed by atoms with E-state index in [9.17, 15) is 0 Å². The van der Waals surface area contributed by atoms with E-state index >= 15 is 0 Å². The average molecular weight is 355 g/mol. The van der Waals surface area contributed by atoms with E-state index in [1.165, 1.54) is 12.1 Å². The summed E-state index contributed by atoms with van der Waals surface area (Å²) in [6, 6.07) is 10.6. The Kier molecular flexibility index (Phi) is 6.28. The van der Waals surface area contributed by atoms with Crippen LogP contribution >= 0.6 is 0 Å². The zero-order chi connectivity index (χ0) is 18.4. The number of benzene rings is 1. The number of rotatable bonds is 7.